The maximum Gasteiger partial charge on any atom is 0.254 e. The van der Waals surface area contributed by atoms with E-state index in [-0.39, 0.29) is 5.91 Å². The van der Waals surface area contributed by atoms with Crippen LogP contribution in [-0.2, 0) is 0 Å². The molecule has 2 N–H and O–H groups in total. The van der Waals surface area contributed by atoms with E-state index in [1.165, 1.54) is 12.4 Å². The number of hydrogen-bond donors (Lipinski definition) is 2. The molecule has 0 saturated heterocycles. The molecule has 134 valence electrons. The highest BCUT2D eigenvalue weighted by Crippen LogP contribution is 2.16. The van der Waals surface area contributed by atoms with Gasteiger partial charge < -0.3 is 20.1 Å². The van der Waals surface area contributed by atoms with Crippen molar-refractivity contribution in [3.63, 3.8) is 0 Å². The average molecular weight is 344 g/mol. The number of hydrogen-bond acceptors (Lipinski definition) is 6. The number of methoxy groups -OCH3 is 1. The van der Waals surface area contributed by atoms with Gasteiger partial charge in [-0.05, 0) is 30.2 Å². The van der Waals surface area contributed by atoms with Crippen LogP contribution in [0.2, 0.25) is 0 Å². The van der Waals surface area contributed by atoms with E-state index in [0.717, 1.165) is 18.0 Å². The number of ether oxygens (including phenoxy) is 2. The number of nitrogens with one attached hydrogen (secondary N) is 2. The van der Waals surface area contributed by atoms with E-state index in [9.17, 15) is 4.79 Å². The Balaban J connectivity index is 1.72. The standard InChI is InChI=1S/C18H24N4O3/c1-13(2)10-20-18-21-11-14(12-22-18)17(23)19-8-9-25-16-6-4-15(24-3)5-7-16/h4-7,11-13H,8-10H2,1-3H3,(H,19,23)(H,20,21,22). The van der Waals surface area contributed by atoms with Gasteiger partial charge in [-0.3, -0.25) is 4.79 Å². The fourth-order valence-electron chi connectivity index (χ4n) is 1.94. The Bertz CT molecular complexity index is 657. The monoisotopic (exact) mass is 344 g/mol. The van der Waals surface area contributed by atoms with Gasteiger partial charge in [0.15, 0.2) is 0 Å². The number of amides is 1. The van der Waals surface area contributed by atoms with Crippen LogP contribution in [-0.4, -0.2) is 42.7 Å². The summed E-state index contributed by atoms with van der Waals surface area (Å²) in [5.41, 5.74) is 0.416. The SMILES string of the molecule is COc1ccc(OCCNC(=O)c2cnc(NCC(C)C)nc2)cc1. The maximum atomic E-state index is 12.0. The third kappa shape index (κ3) is 6.29. The summed E-state index contributed by atoms with van der Waals surface area (Å²) in [5, 5.41) is 5.88. The molecule has 0 aliphatic heterocycles. The number of aromatic nitrogens is 2. The molecule has 0 radical (unpaired) electrons. The van der Waals surface area contributed by atoms with Crippen molar-refractivity contribution in [1.29, 1.82) is 0 Å². The molecule has 2 aromatic rings. The summed E-state index contributed by atoms with van der Waals surface area (Å²) in [6, 6.07) is 7.27. The molecule has 0 saturated carbocycles. The van der Waals surface area contributed by atoms with Crippen LogP contribution in [0.4, 0.5) is 5.95 Å². The zero-order valence-corrected chi connectivity index (χ0v) is 14.8. The van der Waals surface area contributed by atoms with Crippen LogP contribution in [0.25, 0.3) is 0 Å². The molecule has 1 aromatic carbocycles. The third-order valence-corrected chi connectivity index (χ3v) is 3.30. The summed E-state index contributed by atoms with van der Waals surface area (Å²) in [4.78, 5) is 20.3. The minimum absolute atomic E-state index is 0.228. The van der Waals surface area contributed by atoms with Crippen LogP contribution in [0.5, 0.6) is 11.5 Å². The molecule has 2 rings (SSSR count). The molecule has 7 nitrogen and oxygen atoms in total. The Kier molecular flexibility index (Phi) is 7.00. The molecule has 0 aliphatic carbocycles. The van der Waals surface area contributed by atoms with E-state index < -0.39 is 0 Å². The van der Waals surface area contributed by atoms with Crippen molar-refractivity contribution >= 4 is 11.9 Å². The quantitative estimate of drug-likeness (QED) is 0.679. The van der Waals surface area contributed by atoms with Gasteiger partial charge in [-0.25, -0.2) is 9.97 Å². The van der Waals surface area contributed by atoms with Crippen molar-refractivity contribution in [2.45, 2.75) is 13.8 Å². The molecule has 0 atom stereocenters. The Morgan fingerprint density at radius 1 is 1.12 bits per heavy atom. The molecule has 0 spiro atoms. The van der Waals surface area contributed by atoms with Crippen LogP contribution in [0.1, 0.15) is 24.2 Å². The van der Waals surface area contributed by atoms with Crippen LogP contribution in [0.3, 0.4) is 0 Å². The Morgan fingerprint density at radius 2 is 1.76 bits per heavy atom. The second kappa shape index (κ2) is 9.46. The van der Waals surface area contributed by atoms with E-state index in [1.807, 2.05) is 24.3 Å². The minimum atomic E-state index is -0.228. The van der Waals surface area contributed by atoms with Crippen molar-refractivity contribution in [3.05, 3.63) is 42.2 Å². The minimum Gasteiger partial charge on any atom is -0.497 e. The van der Waals surface area contributed by atoms with Crippen molar-refractivity contribution in [3.8, 4) is 11.5 Å². The van der Waals surface area contributed by atoms with Gasteiger partial charge in [0, 0.05) is 18.9 Å². The summed E-state index contributed by atoms with van der Waals surface area (Å²) >= 11 is 0. The number of rotatable bonds is 9. The topological polar surface area (TPSA) is 85.4 Å². The average Bonchev–Trinajstić information content (AvgIpc) is 2.64. The lowest BCUT2D eigenvalue weighted by Gasteiger charge is -2.09. The lowest BCUT2D eigenvalue weighted by molar-refractivity contribution is 0.0946. The Morgan fingerprint density at radius 3 is 2.36 bits per heavy atom. The van der Waals surface area contributed by atoms with Crippen LogP contribution < -0.4 is 20.1 Å². The molecule has 7 heteroatoms. The van der Waals surface area contributed by atoms with Crippen molar-refractivity contribution in [2.75, 3.05) is 32.1 Å². The molecule has 1 aromatic heterocycles. The summed E-state index contributed by atoms with van der Waals surface area (Å²) in [5.74, 6) is 2.28. The molecule has 0 unspecified atom stereocenters. The summed E-state index contributed by atoms with van der Waals surface area (Å²) in [6.07, 6.45) is 3.02. The number of nitrogens with zero attached hydrogens (tertiary/aromatic N) is 2. The zero-order chi connectivity index (χ0) is 18.1. The second-order valence-corrected chi connectivity index (χ2v) is 5.85. The second-order valence-electron chi connectivity index (χ2n) is 5.85. The van der Waals surface area contributed by atoms with Gasteiger partial charge >= 0.3 is 0 Å². The molecule has 1 amide bonds. The van der Waals surface area contributed by atoms with Gasteiger partial charge in [-0.15, -0.1) is 0 Å². The molecule has 0 fully saturated rings. The fraction of sp³-hybridized carbons (Fsp3) is 0.389. The zero-order valence-electron chi connectivity index (χ0n) is 14.8. The van der Waals surface area contributed by atoms with Crippen LogP contribution in [0.15, 0.2) is 36.7 Å². The van der Waals surface area contributed by atoms with Gasteiger partial charge in [0.25, 0.3) is 5.91 Å². The van der Waals surface area contributed by atoms with Crippen LogP contribution in [0, 0.1) is 5.92 Å². The highest BCUT2D eigenvalue weighted by atomic mass is 16.5. The molecular weight excluding hydrogens is 320 g/mol. The van der Waals surface area contributed by atoms with Crippen LogP contribution >= 0.6 is 0 Å². The van der Waals surface area contributed by atoms with E-state index in [0.29, 0.717) is 30.6 Å². The summed E-state index contributed by atoms with van der Waals surface area (Å²) < 4.78 is 10.6. The summed E-state index contributed by atoms with van der Waals surface area (Å²) in [6.45, 7) is 5.74. The number of carbonyl (C=O) groups excluding carboxylic acids is 1. The molecule has 25 heavy (non-hydrogen) atoms. The maximum absolute atomic E-state index is 12.0. The van der Waals surface area contributed by atoms with E-state index >= 15 is 0 Å². The van der Waals surface area contributed by atoms with Crippen molar-refractivity contribution in [2.24, 2.45) is 5.92 Å². The smallest absolute Gasteiger partial charge is 0.254 e. The molecule has 1 heterocycles. The van der Waals surface area contributed by atoms with Gasteiger partial charge in [-0.2, -0.15) is 0 Å². The van der Waals surface area contributed by atoms with Crippen molar-refractivity contribution < 1.29 is 14.3 Å². The molecule has 0 aliphatic rings. The van der Waals surface area contributed by atoms with Gasteiger partial charge in [0.2, 0.25) is 5.95 Å². The lowest BCUT2D eigenvalue weighted by Crippen LogP contribution is -2.28. The highest BCUT2D eigenvalue weighted by Gasteiger charge is 2.07. The first-order valence-electron chi connectivity index (χ1n) is 8.19. The van der Waals surface area contributed by atoms with Gasteiger partial charge in [0.1, 0.15) is 18.1 Å². The van der Waals surface area contributed by atoms with Gasteiger partial charge in [-0.1, -0.05) is 13.8 Å². The number of carbonyl (C=O) groups is 1. The Labute approximate surface area is 147 Å². The number of benzene rings is 1. The predicted octanol–water partition coefficient (Wildman–Crippen LogP) is 2.36. The fourth-order valence-corrected chi connectivity index (χ4v) is 1.94. The van der Waals surface area contributed by atoms with E-state index in [4.69, 9.17) is 9.47 Å². The Hall–Kier alpha value is -2.83. The van der Waals surface area contributed by atoms with Crippen molar-refractivity contribution in [1.82, 2.24) is 15.3 Å². The molecular formula is C18H24N4O3. The van der Waals surface area contributed by atoms with E-state index in [1.54, 1.807) is 7.11 Å². The number of anilines is 1. The highest BCUT2D eigenvalue weighted by molar-refractivity contribution is 5.93. The largest absolute Gasteiger partial charge is 0.497 e. The van der Waals surface area contributed by atoms with Gasteiger partial charge in [0.05, 0.1) is 19.2 Å². The van der Waals surface area contributed by atoms with E-state index in [2.05, 4.69) is 34.4 Å². The first kappa shape index (κ1) is 18.5. The predicted molar refractivity (Wildman–Crippen MR) is 96.2 cm³/mol. The first-order chi connectivity index (χ1) is 12.1. The summed E-state index contributed by atoms with van der Waals surface area (Å²) in [7, 11) is 1.61. The third-order valence-electron chi connectivity index (χ3n) is 3.30. The molecule has 0 bridgehead atoms. The normalized spacial score (nSPS) is 10.4. The lowest BCUT2D eigenvalue weighted by atomic mass is 10.2. The first-order valence-corrected chi connectivity index (χ1v) is 8.19.